The Hall–Kier alpha value is -2.66. The molecule has 0 bridgehead atoms. The first-order valence-corrected chi connectivity index (χ1v) is 9.04. The maximum absolute atomic E-state index is 12.8. The second kappa shape index (κ2) is 8.15. The van der Waals surface area contributed by atoms with Gasteiger partial charge in [0.25, 0.3) is 11.5 Å². The van der Waals surface area contributed by atoms with Gasteiger partial charge >= 0.3 is 0 Å². The van der Waals surface area contributed by atoms with Crippen molar-refractivity contribution in [2.24, 2.45) is 0 Å². The first kappa shape index (κ1) is 18.1. The van der Waals surface area contributed by atoms with Crippen LogP contribution in [0.5, 0.6) is 0 Å². The number of hydrogen-bond donors (Lipinski definition) is 1. The third-order valence-corrected chi connectivity index (χ3v) is 4.37. The van der Waals surface area contributed by atoms with Gasteiger partial charge in [0.1, 0.15) is 0 Å². The molecule has 1 amide bonds. The number of rotatable bonds is 6. The molecule has 1 N–H and O–H groups in total. The van der Waals surface area contributed by atoms with E-state index in [1.54, 1.807) is 48.5 Å². The standard InChI is InChI=1S/C20H20ClN3O2/c1-2-3-6-12-24-20(26)17-11-5-4-10-16(17)18(23-24)19(25)22-15-9-7-8-14(21)13-15/h4-5,7-11,13H,2-3,6,12H2,1H3,(H,22,25). The number of unbranched alkanes of at least 4 members (excludes halogenated alkanes) is 2. The van der Waals surface area contributed by atoms with E-state index < -0.39 is 0 Å². The molecule has 5 nitrogen and oxygen atoms in total. The first-order chi connectivity index (χ1) is 12.6. The summed E-state index contributed by atoms with van der Waals surface area (Å²) >= 11 is 5.97. The second-order valence-electron chi connectivity index (χ2n) is 6.09. The van der Waals surface area contributed by atoms with Gasteiger partial charge in [-0.25, -0.2) is 4.68 Å². The van der Waals surface area contributed by atoms with Crippen LogP contribution in [0.15, 0.2) is 53.3 Å². The van der Waals surface area contributed by atoms with Crippen LogP contribution in [0, 0.1) is 0 Å². The molecule has 2 aromatic carbocycles. The lowest BCUT2D eigenvalue weighted by atomic mass is 10.1. The number of benzene rings is 2. The van der Waals surface area contributed by atoms with Crippen LogP contribution in [-0.2, 0) is 6.54 Å². The molecule has 0 spiro atoms. The highest BCUT2D eigenvalue weighted by Gasteiger charge is 2.16. The van der Waals surface area contributed by atoms with Crippen molar-refractivity contribution in [1.29, 1.82) is 0 Å². The molecule has 0 unspecified atom stereocenters. The summed E-state index contributed by atoms with van der Waals surface area (Å²) in [6.45, 7) is 2.59. The van der Waals surface area contributed by atoms with Crippen LogP contribution in [0.2, 0.25) is 5.02 Å². The van der Waals surface area contributed by atoms with Gasteiger partial charge in [-0.3, -0.25) is 9.59 Å². The van der Waals surface area contributed by atoms with Gasteiger partial charge in [0.05, 0.1) is 5.39 Å². The van der Waals surface area contributed by atoms with Crippen LogP contribution in [0.4, 0.5) is 5.69 Å². The zero-order valence-corrected chi connectivity index (χ0v) is 15.3. The van der Waals surface area contributed by atoms with Gasteiger partial charge in [0.2, 0.25) is 0 Å². The van der Waals surface area contributed by atoms with Gasteiger partial charge in [-0.15, -0.1) is 0 Å². The van der Waals surface area contributed by atoms with Gasteiger partial charge in [-0.05, 0) is 30.7 Å². The number of amides is 1. The van der Waals surface area contributed by atoms with E-state index in [0.29, 0.717) is 28.0 Å². The fraction of sp³-hybridized carbons (Fsp3) is 0.250. The maximum atomic E-state index is 12.8. The molecule has 0 aliphatic heterocycles. The molecule has 1 heterocycles. The number of aromatic nitrogens is 2. The van der Waals surface area contributed by atoms with E-state index in [1.165, 1.54) is 4.68 Å². The van der Waals surface area contributed by atoms with Crippen molar-refractivity contribution in [3.8, 4) is 0 Å². The summed E-state index contributed by atoms with van der Waals surface area (Å²) in [7, 11) is 0. The van der Waals surface area contributed by atoms with Gasteiger partial charge in [0, 0.05) is 22.6 Å². The number of hydrogen-bond acceptors (Lipinski definition) is 3. The molecule has 6 heteroatoms. The molecule has 26 heavy (non-hydrogen) atoms. The number of carbonyl (C=O) groups is 1. The molecule has 3 aromatic rings. The smallest absolute Gasteiger partial charge is 0.276 e. The summed E-state index contributed by atoms with van der Waals surface area (Å²) in [4.78, 5) is 25.5. The number of anilines is 1. The van der Waals surface area contributed by atoms with Crippen molar-refractivity contribution in [1.82, 2.24) is 9.78 Å². The van der Waals surface area contributed by atoms with E-state index in [1.807, 2.05) is 0 Å². The number of carbonyl (C=O) groups excluding carboxylic acids is 1. The molecule has 0 aliphatic carbocycles. The Balaban J connectivity index is 2.01. The Morgan fingerprint density at radius 2 is 1.88 bits per heavy atom. The number of aryl methyl sites for hydroxylation is 1. The van der Waals surface area contributed by atoms with Crippen LogP contribution >= 0.6 is 11.6 Å². The Bertz CT molecular complexity index is 998. The summed E-state index contributed by atoms with van der Waals surface area (Å²) in [5, 5.41) is 8.73. The van der Waals surface area contributed by atoms with E-state index in [0.717, 1.165) is 19.3 Å². The molecule has 0 fully saturated rings. The Labute approximate surface area is 156 Å². The molecule has 0 saturated heterocycles. The zero-order chi connectivity index (χ0) is 18.5. The lowest BCUT2D eigenvalue weighted by molar-refractivity contribution is 0.102. The highest BCUT2D eigenvalue weighted by atomic mass is 35.5. The topological polar surface area (TPSA) is 64.0 Å². The fourth-order valence-electron chi connectivity index (χ4n) is 2.82. The maximum Gasteiger partial charge on any atom is 0.276 e. The Morgan fingerprint density at radius 1 is 1.12 bits per heavy atom. The number of fused-ring (bicyclic) bond motifs is 1. The molecular formula is C20H20ClN3O2. The molecule has 3 rings (SSSR count). The van der Waals surface area contributed by atoms with Crippen molar-refractivity contribution in [3.05, 3.63) is 69.6 Å². The molecule has 0 aliphatic rings. The van der Waals surface area contributed by atoms with Gasteiger partial charge in [0.15, 0.2) is 5.69 Å². The molecule has 0 radical (unpaired) electrons. The molecule has 134 valence electrons. The van der Waals surface area contributed by atoms with Crippen LogP contribution in [0.3, 0.4) is 0 Å². The normalized spacial score (nSPS) is 10.8. The quantitative estimate of drug-likeness (QED) is 0.651. The largest absolute Gasteiger partial charge is 0.321 e. The van der Waals surface area contributed by atoms with Crippen molar-refractivity contribution in [2.45, 2.75) is 32.7 Å². The van der Waals surface area contributed by atoms with Crippen LogP contribution < -0.4 is 10.9 Å². The minimum absolute atomic E-state index is 0.170. The molecular weight excluding hydrogens is 350 g/mol. The lowest BCUT2D eigenvalue weighted by Crippen LogP contribution is -2.27. The summed E-state index contributed by atoms with van der Waals surface area (Å²) in [5.41, 5.74) is 0.643. The minimum Gasteiger partial charge on any atom is -0.321 e. The summed E-state index contributed by atoms with van der Waals surface area (Å²) < 4.78 is 1.39. The monoisotopic (exact) mass is 369 g/mol. The SMILES string of the molecule is CCCCCn1nc(C(=O)Nc2cccc(Cl)c2)c2ccccc2c1=O. The minimum atomic E-state index is -0.368. The summed E-state index contributed by atoms with van der Waals surface area (Å²) in [6, 6.07) is 14.0. The molecule has 0 atom stereocenters. The van der Waals surface area contributed by atoms with Crippen molar-refractivity contribution >= 4 is 34.0 Å². The van der Waals surface area contributed by atoms with Gasteiger partial charge < -0.3 is 5.32 Å². The summed E-state index contributed by atoms with van der Waals surface area (Å²) in [6.07, 6.45) is 2.90. The van der Waals surface area contributed by atoms with Crippen molar-refractivity contribution in [2.75, 3.05) is 5.32 Å². The Morgan fingerprint density at radius 3 is 2.62 bits per heavy atom. The molecule has 1 aromatic heterocycles. The highest BCUT2D eigenvalue weighted by molar-refractivity contribution is 6.31. The van der Waals surface area contributed by atoms with Gasteiger partial charge in [-0.1, -0.05) is 55.6 Å². The van der Waals surface area contributed by atoms with E-state index in [-0.39, 0.29) is 17.2 Å². The number of nitrogens with zero attached hydrogens (tertiary/aromatic N) is 2. The predicted molar refractivity (Wildman–Crippen MR) is 105 cm³/mol. The van der Waals surface area contributed by atoms with Crippen LogP contribution in [0.25, 0.3) is 10.8 Å². The average molecular weight is 370 g/mol. The average Bonchev–Trinajstić information content (AvgIpc) is 2.64. The van der Waals surface area contributed by atoms with Crippen molar-refractivity contribution < 1.29 is 4.79 Å². The predicted octanol–water partition coefficient (Wildman–Crippen LogP) is 4.49. The van der Waals surface area contributed by atoms with Crippen molar-refractivity contribution in [3.63, 3.8) is 0 Å². The van der Waals surface area contributed by atoms with Crippen LogP contribution in [0.1, 0.15) is 36.7 Å². The lowest BCUT2D eigenvalue weighted by Gasteiger charge is -2.11. The second-order valence-corrected chi connectivity index (χ2v) is 6.53. The first-order valence-electron chi connectivity index (χ1n) is 8.67. The number of halogens is 1. The fourth-order valence-corrected chi connectivity index (χ4v) is 3.01. The third kappa shape index (κ3) is 3.94. The van der Waals surface area contributed by atoms with E-state index >= 15 is 0 Å². The highest BCUT2D eigenvalue weighted by Crippen LogP contribution is 2.18. The Kier molecular flexibility index (Phi) is 5.68. The van der Waals surface area contributed by atoms with Crippen LogP contribution in [-0.4, -0.2) is 15.7 Å². The van der Waals surface area contributed by atoms with E-state index in [2.05, 4.69) is 17.3 Å². The number of nitrogens with one attached hydrogen (secondary N) is 1. The van der Waals surface area contributed by atoms with E-state index in [9.17, 15) is 9.59 Å². The van der Waals surface area contributed by atoms with Gasteiger partial charge in [-0.2, -0.15) is 5.10 Å². The third-order valence-electron chi connectivity index (χ3n) is 4.14. The zero-order valence-electron chi connectivity index (χ0n) is 14.5. The summed E-state index contributed by atoms with van der Waals surface area (Å²) in [5.74, 6) is -0.368. The van der Waals surface area contributed by atoms with E-state index in [4.69, 9.17) is 11.6 Å². The molecule has 0 saturated carbocycles.